The van der Waals surface area contributed by atoms with E-state index < -0.39 is 47.2 Å². The number of halogens is 1. The number of methoxy groups -OCH3 is 1. The minimum Gasteiger partial charge on any atom is -0.487 e. The van der Waals surface area contributed by atoms with Crippen molar-refractivity contribution in [1.82, 2.24) is 15.2 Å². The Bertz CT molecular complexity index is 849. The molecule has 0 aromatic carbocycles. The minimum absolute atomic E-state index is 0.160. The Kier molecular flexibility index (Phi) is 8.14. The number of aromatic nitrogens is 1. The summed E-state index contributed by atoms with van der Waals surface area (Å²) in [6, 6.07) is 0.00538. The molecule has 2 heterocycles. The van der Waals surface area contributed by atoms with E-state index in [-0.39, 0.29) is 13.0 Å². The second-order valence-electron chi connectivity index (χ2n) is 9.79. The lowest BCUT2D eigenvalue weighted by Gasteiger charge is -2.35. The molecule has 10 heteroatoms. The van der Waals surface area contributed by atoms with Crippen molar-refractivity contribution in [3.63, 3.8) is 0 Å². The first-order chi connectivity index (χ1) is 14.7. The normalized spacial score (nSPS) is 19.8. The third-order valence-corrected chi connectivity index (χ3v) is 5.21. The largest absolute Gasteiger partial charge is 0.487 e. The second kappa shape index (κ2) is 10.1. The molecule has 1 N–H and O–H groups in total. The number of carbonyl (C=O) groups is 3. The van der Waals surface area contributed by atoms with Crippen molar-refractivity contribution in [3.8, 4) is 5.75 Å². The van der Waals surface area contributed by atoms with Crippen LogP contribution in [-0.4, -0.2) is 65.3 Å². The van der Waals surface area contributed by atoms with E-state index in [1.54, 1.807) is 39.2 Å². The zero-order valence-electron chi connectivity index (χ0n) is 19.6. The van der Waals surface area contributed by atoms with Crippen LogP contribution in [0, 0.1) is 5.41 Å². The van der Waals surface area contributed by atoms with Gasteiger partial charge in [-0.15, -0.1) is 0 Å². The maximum atomic E-state index is 13.5. The van der Waals surface area contributed by atoms with Crippen LogP contribution in [-0.2, 0) is 19.1 Å². The fourth-order valence-electron chi connectivity index (χ4n) is 3.38. The molecule has 9 nitrogen and oxygen atoms in total. The Hall–Kier alpha value is -2.36. The van der Waals surface area contributed by atoms with Crippen LogP contribution in [0.1, 0.15) is 48.0 Å². The number of likely N-dealkylation sites (tertiary alicyclic amines) is 1. The van der Waals surface area contributed by atoms with Crippen LogP contribution in [0.5, 0.6) is 5.75 Å². The summed E-state index contributed by atoms with van der Waals surface area (Å²) in [5, 5.41) is 2.68. The highest BCUT2D eigenvalue weighted by Gasteiger charge is 2.46. The number of hydrogen-bond donors (Lipinski definition) is 1. The Morgan fingerprint density at radius 2 is 1.84 bits per heavy atom. The average Bonchev–Trinajstić information content (AvgIpc) is 3.06. The van der Waals surface area contributed by atoms with Gasteiger partial charge in [-0.25, -0.2) is 9.59 Å². The molecule has 3 atom stereocenters. The van der Waals surface area contributed by atoms with E-state index in [4.69, 9.17) is 14.2 Å². The van der Waals surface area contributed by atoms with Crippen molar-refractivity contribution in [2.45, 2.75) is 71.8 Å². The molecule has 32 heavy (non-hydrogen) atoms. The monoisotopic (exact) mass is 513 g/mol. The lowest BCUT2D eigenvalue weighted by atomic mass is 9.85. The summed E-state index contributed by atoms with van der Waals surface area (Å²) >= 11 is 3.34. The van der Waals surface area contributed by atoms with Crippen LogP contribution in [0.3, 0.4) is 0 Å². The molecule has 2 amide bonds. The fourth-order valence-corrected chi connectivity index (χ4v) is 3.72. The van der Waals surface area contributed by atoms with E-state index in [1.165, 1.54) is 12.0 Å². The van der Waals surface area contributed by atoms with E-state index in [2.05, 4.69) is 26.2 Å². The Labute approximate surface area is 197 Å². The summed E-state index contributed by atoms with van der Waals surface area (Å²) in [5.74, 6) is -0.430. The van der Waals surface area contributed by atoms with Crippen molar-refractivity contribution < 1.29 is 28.6 Å². The number of rotatable bonds is 5. The van der Waals surface area contributed by atoms with E-state index in [0.717, 1.165) is 4.47 Å². The second-order valence-corrected chi connectivity index (χ2v) is 10.7. The van der Waals surface area contributed by atoms with Crippen molar-refractivity contribution in [3.05, 3.63) is 22.9 Å². The van der Waals surface area contributed by atoms with E-state index in [1.807, 2.05) is 20.8 Å². The lowest BCUT2D eigenvalue weighted by Crippen LogP contribution is -2.57. The number of pyridine rings is 1. The fraction of sp³-hybridized carbons (Fsp3) is 0.636. The van der Waals surface area contributed by atoms with Gasteiger partial charge in [0, 0.05) is 17.1 Å². The van der Waals surface area contributed by atoms with Gasteiger partial charge >= 0.3 is 12.1 Å². The highest BCUT2D eigenvalue weighted by atomic mass is 79.9. The number of esters is 1. The zero-order valence-corrected chi connectivity index (χ0v) is 21.2. The van der Waals surface area contributed by atoms with E-state index in [9.17, 15) is 14.4 Å². The summed E-state index contributed by atoms with van der Waals surface area (Å²) in [5.41, 5.74) is -1.35. The van der Waals surface area contributed by atoms with Gasteiger partial charge in [-0.05, 0) is 48.2 Å². The molecule has 1 fully saturated rings. The molecule has 0 aliphatic carbocycles. The van der Waals surface area contributed by atoms with E-state index in [0.29, 0.717) is 5.75 Å². The molecule has 1 saturated heterocycles. The lowest BCUT2D eigenvalue weighted by molar-refractivity contribution is -0.152. The molecule has 1 aliphatic heterocycles. The molecule has 0 bridgehead atoms. The maximum Gasteiger partial charge on any atom is 0.408 e. The Balaban J connectivity index is 2.24. The first kappa shape index (κ1) is 25.9. The quantitative estimate of drug-likeness (QED) is 0.601. The predicted molar refractivity (Wildman–Crippen MR) is 121 cm³/mol. The maximum absolute atomic E-state index is 13.5. The summed E-state index contributed by atoms with van der Waals surface area (Å²) in [6.07, 6.45) is 2.30. The number of ether oxygens (including phenoxy) is 3. The smallest absolute Gasteiger partial charge is 0.408 e. The number of amides is 2. The molecule has 0 unspecified atom stereocenters. The molecule has 1 aromatic heterocycles. The van der Waals surface area contributed by atoms with Crippen LogP contribution in [0.25, 0.3) is 0 Å². The van der Waals surface area contributed by atoms with Crippen molar-refractivity contribution >= 4 is 33.9 Å². The molecular weight excluding hydrogens is 482 g/mol. The molecule has 1 aromatic rings. The number of nitrogens with zero attached hydrogens (tertiary/aromatic N) is 2. The topological polar surface area (TPSA) is 107 Å². The summed E-state index contributed by atoms with van der Waals surface area (Å²) < 4.78 is 17.0. The first-order valence-corrected chi connectivity index (χ1v) is 11.2. The highest BCUT2D eigenvalue weighted by Crippen LogP contribution is 2.29. The molecule has 0 radical (unpaired) electrons. The minimum atomic E-state index is -0.921. The van der Waals surface area contributed by atoms with Gasteiger partial charge in [0.2, 0.25) is 5.91 Å². The van der Waals surface area contributed by atoms with Crippen molar-refractivity contribution in [2.75, 3.05) is 13.7 Å². The van der Waals surface area contributed by atoms with E-state index >= 15 is 0 Å². The number of hydrogen-bond acceptors (Lipinski definition) is 7. The van der Waals surface area contributed by atoms with Crippen LogP contribution in [0.2, 0.25) is 0 Å². The summed E-state index contributed by atoms with van der Waals surface area (Å²) in [4.78, 5) is 43.9. The highest BCUT2D eigenvalue weighted by molar-refractivity contribution is 9.10. The van der Waals surface area contributed by atoms with Gasteiger partial charge in [0.05, 0.1) is 19.9 Å². The first-order valence-electron chi connectivity index (χ1n) is 10.4. The summed E-state index contributed by atoms with van der Waals surface area (Å²) in [7, 11) is 1.28. The third-order valence-electron chi connectivity index (χ3n) is 4.78. The number of alkyl carbamates (subject to hydrolysis) is 1. The van der Waals surface area contributed by atoms with Gasteiger partial charge in [-0.1, -0.05) is 20.8 Å². The Morgan fingerprint density at radius 1 is 1.19 bits per heavy atom. The molecule has 2 rings (SSSR count). The van der Waals surface area contributed by atoms with Crippen LogP contribution >= 0.6 is 15.9 Å². The van der Waals surface area contributed by atoms with Crippen molar-refractivity contribution in [1.29, 1.82) is 0 Å². The molecular formula is C22H32BrN3O6. The number of nitrogens with one attached hydrogen (secondary N) is 1. The zero-order chi connectivity index (χ0) is 24.3. The van der Waals surface area contributed by atoms with Gasteiger partial charge in [0.1, 0.15) is 29.5 Å². The average molecular weight is 514 g/mol. The van der Waals surface area contributed by atoms with Crippen LogP contribution < -0.4 is 10.1 Å². The SMILES string of the molecule is COC(=O)[C@@H]1C[C@@H](Oc2cncc(Br)c2)CN1C(=O)[C@@H](NC(=O)OC(C)(C)C)C(C)(C)C. The summed E-state index contributed by atoms with van der Waals surface area (Å²) in [6.45, 7) is 10.9. The molecule has 0 saturated carbocycles. The van der Waals surface area contributed by atoms with Crippen LogP contribution in [0.4, 0.5) is 4.79 Å². The molecule has 178 valence electrons. The van der Waals surface area contributed by atoms with Gasteiger partial charge in [-0.3, -0.25) is 9.78 Å². The standard InChI is InChI=1S/C22H32BrN3O6/c1-21(2,3)17(25-20(29)32-22(4,5)6)18(27)26-12-15(9-16(26)19(28)30-7)31-14-8-13(23)10-24-11-14/h8,10-11,15-17H,9,12H2,1-7H3,(H,25,29)/t15-,16+,17-/m1/s1. The molecule has 1 aliphatic rings. The van der Waals surface area contributed by atoms with Gasteiger partial charge in [-0.2, -0.15) is 0 Å². The van der Waals surface area contributed by atoms with Gasteiger partial charge < -0.3 is 24.4 Å². The molecule has 0 spiro atoms. The van der Waals surface area contributed by atoms with Crippen LogP contribution in [0.15, 0.2) is 22.9 Å². The Morgan fingerprint density at radius 3 is 2.38 bits per heavy atom. The van der Waals surface area contributed by atoms with Crippen molar-refractivity contribution in [2.24, 2.45) is 5.41 Å². The predicted octanol–water partition coefficient (Wildman–Crippen LogP) is 3.30. The number of carbonyl (C=O) groups excluding carboxylic acids is 3. The van der Waals surface area contributed by atoms with Gasteiger partial charge in [0.15, 0.2) is 0 Å². The van der Waals surface area contributed by atoms with Gasteiger partial charge in [0.25, 0.3) is 0 Å². The third kappa shape index (κ3) is 7.08.